The summed E-state index contributed by atoms with van der Waals surface area (Å²) in [5.74, 6) is 0. The smallest absolute Gasteiger partial charge is 0.166 e. The Bertz CT molecular complexity index is 285. The predicted molar refractivity (Wildman–Crippen MR) is 69.2 cm³/mol. The zero-order valence-corrected chi connectivity index (χ0v) is 10.8. The van der Waals surface area contributed by atoms with Crippen molar-refractivity contribution < 1.29 is 0 Å². The first kappa shape index (κ1) is 12.4. The van der Waals surface area contributed by atoms with Gasteiger partial charge in [0, 0.05) is 18.1 Å². The first-order valence-corrected chi connectivity index (χ1v) is 6.50. The molecule has 0 saturated heterocycles. The Morgan fingerprint density at radius 2 is 2.40 bits per heavy atom. The van der Waals surface area contributed by atoms with Gasteiger partial charge in [0.15, 0.2) is 5.11 Å². The van der Waals surface area contributed by atoms with Crippen molar-refractivity contribution >= 4 is 28.7 Å². The molecule has 84 valence electrons. The van der Waals surface area contributed by atoms with Crippen LogP contribution in [0.1, 0.15) is 37.7 Å². The Labute approximate surface area is 100 Å². The monoisotopic (exact) mass is 243 g/mol. The summed E-state index contributed by atoms with van der Waals surface area (Å²) >= 11 is 6.85. The van der Waals surface area contributed by atoms with Crippen molar-refractivity contribution in [2.24, 2.45) is 0 Å². The van der Waals surface area contributed by atoms with Gasteiger partial charge in [0.1, 0.15) is 5.01 Å². The highest BCUT2D eigenvalue weighted by atomic mass is 32.1. The summed E-state index contributed by atoms with van der Waals surface area (Å²) in [6, 6.07) is 0.238. The maximum absolute atomic E-state index is 5.19. The van der Waals surface area contributed by atoms with Gasteiger partial charge in [-0.2, -0.15) is 0 Å². The van der Waals surface area contributed by atoms with Crippen LogP contribution in [0.5, 0.6) is 0 Å². The Morgan fingerprint density at radius 3 is 2.93 bits per heavy atom. The lowest BCUT2D eigenvalue weighted by Crippen LogP contribution is -2.37. The van der Waals surface area contributed by atoms with Gasteiger partial charge >= 0.3 is 0 Å². The largest absolute Gasteiger partial charge is 0.363 e. The molecule has 2 N–H and O–H groups in total. The lowest BCUT2D eigenvalue weighted by atomic mass is 10.2. The summed E-state index contributed by atoms with van der Waals surface area (Å²) in [5, 5.41) is 10.2. The van der Waals surface area contributed by atoms with E-state index < -0.39 is 0 Å². The average molecular weight is 243 g/mol. The molecule has 0 aliphatic carbocycles. The summed E-state index contributed by atoms with van der Waals surface area (Å²) in [6.45, 7) is 5.16. The van der Waals surface area contributed by atoms with E-state index in [4.69, 9.17) is 12.2 Å². The van der Waals surface area contributed by atoms with Crippen LogP contribution in [0.25, 0.3) is 0 Å². The SMILES string of the molecule is CCCNC(=S)NC(CC)c1nccs1. The zero-order valence-electron chi connectivity index (χ0n) is 9.12. The maximum atomic E-state index is 5.19. The van der Waals surface area contributed by atoms with E-state index in [2.05, 4.69) is 29.5 Å². The molecule has 1 atom stereocenters. The lowest BCUT2D eigenvalue weighted by molar-refractivity contribution is 0.611. The molecule has 1 unspecified atom stereocenters. The van der Waals surface area contributed by atoms with Gasteiger partial charge in [-0.25, -0.2) is 4.98 Å². The Morgan fingerprint density at radius 1 is 1.60 bits per heavy atom. The van der Waals surface area contributed by atoms with Crippen LogP contribution < -0.4 is 10.6 Å². The number of hydrogen-bond donors (Lipinski definition) is 2. The number of thiazole rings is 1. The molecule has 0 aliphatic rings. The minimum atomic E-state index is 0.238. The number of thiocarbonyl (C=S) groups is 1. The van der Waals surface area contributed by atoms with E-state index >= 15 is 0 Å². The molecule has 0 radical (unpaired) electrons. The molecule has 0 amide bonds. The van der Waals surface area contributed by atoms with Gasteiger partial charge in [-0.05, 0) is 25.1 Å². The van der Waals surface area contributed by atoms with Crippen molar-refractivity contribution in [1.29, 1.82) is 0 Å². The van der Waals surface area contributed by atoms with Crippen LogP contribution in [0.4, 0.5) is 0 Å². The van der Waals surface area contributed by atoms with Gasteiger partial charge in [0.05, 0.1) is 6.04 Å². The van der Waals surface area contributed by atoms with E-state index in [1.165, 1.54) is 0 Å². The zero-order chi connectivity index (χ0) is 11.1. The molecule has 0 aromatic carbocycles. The topological polar surface area (TPSA) is 37.0 Å². The summed E-state index contributed by atoms with van der Waals surface area (Å²) in [4.78, 5) is 4.29. The third kappa shape index (κ3) is 4.13. The fraction of sp³-hybridized carbons (Fsp3) is 0.600. The van der Waals surface area contributed by atoms with Crippen LogP contribution >= 0.6 is 23.6 Å². The standard InChI is InChI=1S/C10H17N3S2/c1-3-5-12-10(14)13-8(4-2)9-11-6-7-15-9/h6-8H,3-5H2,1-2H3,(H2,12,13,14). The molecule has 5 heteroatoms. The van der Waals surface area contributed by atoms with Crippen LogP contribution in [0, 0.1) is 0 Å². The molecule has 0 bridgehead atoms. The Kier molecular flexibility index (Phi) is 5.57. The summed E-state index contributed by atoms with van der Waals surface area (Å²) in [7, 11) is 0. The molecule has 1 heterocycles. The highest BCUT2D eigenvalue weighted by Gasteiger charge is 2.12. The molecule has 0 saturated carbocycles. The third-order valence-corrected chi connectivity index (χ3v) is 3.15. The second kappa shape index (κ2) is 6.74. The van der Waals surface area contributed by atoms with E-state index in [1.807, 2.05) is 11.6 Å². The maximum Gasteiger partial charge on any atom is 0.166 e. The molecule has 0 aliphatic heterocycles. The van der Waals surface area contributed by atoms with Gasteiger partial charge in [-0.15, -0.1) is 11.3 Å². The van der Waals surface area contributed by atoms with Gasteiger partial charge < -0.3 is 10.6 Å². The average Bonchev–Trinajstić information content (AvgIpc) is 2.76. The molecule has 1 aromatic rings. The second-order valence-electron chi connectivity index (χ2n) is 3.23. The molecule has 15 heavy (non-hydrogen) atoms. The van der Waals surface area contributed by atoms with Crippen LogP contribution in [-0.2, 0) is 0 Å². The Hall–Kier alpha value is -0.680. The van der Waals surface area contributed by atoms with Crippen LogP contribution in [-0.4, -0.2) is 16.6 Å². The first-order valence-electron chi connectivity index (χ1n) is 5.21. The fourth-order valence-electron chi connectivity index (χ4n) is 1.19. The van der Waals surface area contributed by atoms with E-state index in [0.717, 1.165) is 29.5 Å². The van der Waals surface area contributed by atoms with E-state index in [1.54, 1.807) is 11.3 Å². The minimum Gasteiger partial charge on any atom is -0.363 e. The third-order valence-electron chi connectivity index (χ3n) is 2.00. The molecular weight excluding hydrogens is 226 g/mol. The van der Waals surface area contributed by atoms with Gasteiger partial charge in [-0.3, -0.25) is 0 Å². The van der Waals surface area contributed by atoms with Crippen molar-refractivity contribution in [2.45, 2.75) is 32.7 Å². The lowest BCUT2D eigenvalue weighted by Gasteiger charge is -2.17. The molecule has 0 fully saturated rings. The fourth-order valence-corrected chi connectivity index (χ4v) is 2.21. The normalized spacial score (nSPS) is 12.1. The quantitative estimate of drug-likeness (QED) is 0.779. The predicted octanol–water partition coefficient (Wildman–Crippen LogP) is 2.47. The number of nitrogens with zero attached hydrogens (tertiary/aromatic N) is 1. The van der Waals surface area contributed by atoms with E-state index in [0.29, 0.717) is 0 Å². The van der Waals surface area contributed by atoms with Crippen molar-refractivity contribution in [3.05, 3.63) is 16.6 Å². The molecule has 3 nitrogen and oxygen atoms in total. The highest BCUT2D eigenvalue weighted by Crippen LogP contribution is 2.18. The number of rotatable bonds is 5. The first-order chi connectivity index (χ1) is 7.27. The van der Waals surface area contributed by atoms with Crippen molar-refractivity contribution in [1.82, 2.24) is 15.6 Å². The second-order valence-corrected chi connectivity index (χ2v) is 4.57. The van der Waals surface area contributed by atoms with Crippen molar-refractivity contribution in [2.75, 3.05) is 6.54 Å². The number of nitrogens with one attached hydrogen (secondary N) is 2. The van der Waals surface area contributed by atoms with Crippen molar-refractivity contribution in [3.63, 3.8) is 0 Å². The van der Waals surface area contributed by atoms with Crippen LogP contribution in [0.2, 0.25) is 0 Å². The van der Waals surface area contributed by atoms with Crippen LogP contribution in [0.15, 0.2) is 11.6 Å². The van der Waals surface area contributed by atoms with Gasteiger partial charge in [0.2, 0.25) is 0 Å². The molecule has 1 rings (SSSR count). The minimum absolute atomic E-state index is 0.238. The Balaban J connectivity index is 2.44. The summed E-state index contributed by atoms with van der Waals surface area (Å²) in [5.41, 5.74) is 0. The van der Waals surface area contributed by atoms with E-state index in [9.17, 15) is 0 Å². The molecule has 1 aromatic heterocycles. The van der Waals surface area contributed by atoms with Gasteiger partial charge in [0.25, 0.3) is 0 Å². The summed E-state index contributed by atoms with van der Waals surface area (Å²) < 4.78 is 0. The van der Waals surface area contributed by atoms with Crippen molar-refractivity contribution in [3.8, 4) is 0 Å². The van der Waals surface area contributed by atoms with E-state index in [-0.39, 0.29) is 6.04 Å². The summed E-state index contributed by atoms with van der Waals surface area (Å²) in [6.07, 6.45) is 3.89. The number of hydrogen-bond acceptors (Lipinski definition) is 3. The highest BCUT2D eigenvalue weighted by molar-refractivity contribution is 7.80. The van der Waals surface area contributed by atoms with Crippen LogP contribution in [0.3, 0.4) is 0 Å². The molecular formula is C10H17N3S2. The van der Waals surface area contributed by atoms with Gasteiger partial charge in [-0.1, -0.05) is 13.8 Å². The number of aromatic nitrogens is 1. The molecule has 0 spiro atoms.